The van der Waals surface area contributed by atoms with Crippen LogP contribution in [0.15, 0.2) is 42.6 Å². The fraction of sp³-hybridized carbons (Fsp3) is 0.755. The molecule has 2 aliphatic heterocycles. The van der Waals surface area contributed by atoms with E-state index in [1.807, 2.05) is 69.8 Å². The quantitative estimate of drug-likeness (QED) is 0.0773. The number of methoxy groups -OCH3 is 2. The minimum absolute atomic E-state index is 0.0155. The molecule has 0 unspecified atom stereocenters. The lowest BCUT2D eigenvalue weighted by Crippen LogP contribution is -2.54. The molecule has 372 valence electrons. The summed E-state index contributed by atoms with van der Waals surface area (Å²) in [6.45, 7) is 21.2. The summed E-state index contributed by atoms with van der Waals surface area (Å²) in [6, 6.07) is 9.22. The van der Waals surface area contributed by atoms with Gasteiger partial charge in [-0.25, -0.2) is 0 Å². The number of ether oxygens (including phenoxy) is 2. The van der Waals surface area contributed by atoms with Crippen molar-refractivity contribution in [2.45, 2.75) is 168 Å². The van der Waals surface area contributed by atoms with Crippen molar-refractivity contribution in [1.29, 1.82) is 0 Å². The highest BCUT2D eigenvalue weighted by molar-refractivity contribution is 5.90. The van der Waals surface area contributed by atoms with Gasteiger partial charge in [0.2, 0.25) is 11.8 Å². The number of unbranched alkanes of at least 4 members (excludes halogenated alkanes) is 2. The molecule has 13 nitrogen and oxygen atoms in total. The third-order valence-electron chi connectivity index (χ3n) is 15.4. The summed E-state index contributed by atoms with van der Waals surface area (Å²) in [7, 11) is 6.95. The van der Waals surface area contributed by atoms with Crippen molar-refractivity contribution in [1.82, 2.24) is 19.8 Å². The fourth-order valence-electron chi connectivity index (χ4n) is 11.2. The van der Waals surface area contributed by atoms with Gasteiger partial charge in [-0.3, -0.25) is 38.8 Å². The highest BCUT2D eigenvalue weighted by atomic mass is 16.7. The molecule has 1 N–H and O–H groups in total. The number of hydroxylamine groups is 2. The number of nitrogens with zero attached hydrogens (tertiary/aromatic N) is 4. The Morgan fingerprint density at radius 1 is 0.894 bits per heavy atom. The van der Waals surface area contributed by atoms with Crippen molar-refractivity contribution in [3.8, 4) is 0 Å². The molecule has 0 spiro atoms. The Labute approximate surface area is 397 Å². The van der Waals surface area contributed by atoms with Crippen LogP contribution < -0.4 is 0 Å². The average molecular weight is 923 g/mol. The largest absolute Gasteiger partial charge is 0.481 e. The molecule has 2 heterocycles. The minimum Gasteiger partial charge on any atom is -0.481 e. The van der Waals surface area contributed by atoms with E-state index in [1.54, 1.807) is 26.2 Å². The van der Waals surface area contributed by atoms with Crippen LogP contribution in [0, 0.1) is 35.0 Å². The van der Waals surface area contributed by atoms with Gasteiger partial charge in [0.25, 0.3) is 0 Å². The summed E-state index contributed by atoms with van der Waals surface area (Å²) >= 11 is 0. The predicted octanol–water partition coefficient (Wildman–Crippen LogP) is 8.41. The zero-order valence-corrected chi connectivity index (χ0v) is 42.5. The maximum atomic E-state index is 14.7. The van der Waals surface area contributed by atoms with Gasteiger partial charge < -0.3 is 24.4 Å². The third kappa shape index (κ3) is 13.7. The maximum absolute atomic E-state index is 14.7. The monoisotopic (exact) mass is 923 g/mol. The number of carbonyl (C=O) groups is 5. The molecule has 0 bridgehead atoms. The number of carboxylic acid groups (broad SMARTS) is 1. The molecule has 1 aromatic carbocycles. The minimum atomic E-state index is -0.802. The molecule has 2 amide bonds. The zero-order valence-electron chi connectivity index (χ0n) is 42.5. The number of ketones is 2. The third-order valence-corrected chi connectivity index (χ3v) is 15.4. The molecule has 13 heteroatoms. The molecule has 1 aliphatic carbocycles. The van der Waals surface area contributed by atoms with Gasteiger partial charge in [0.1, 0.15) is 5.78 Å². The van der Waals surface area contributed by atoms with Crippen molar-refractivity contribution in [2.75, 3.05) is 54.6 Å². The Hall–Kier alpha value is -3.65. The average Bonchev–Trinajstić information content (AvgIpc) is 3.82. The summed E-state index contributed by atoms with van der Waals surface area (Å²) in [4.78, 5) is 80.6. The van der Waals surface area contributed by atoms with Crippen LogP contribution in [0.5, 0.6) is 0 Å². The molecule has 10 atom stereocenters. The summed E-state index contributed by atoms with van der Waals surface area (Å²) in [5.74, 6) is -1.95. The Balaban J connectivity index is 1.48. The van der Waals surface area contributed by atoms with E-state index in [0.29, 0.717) is 39.0 Å². The topological polar surface area (TPSA) is 146 Å². The van der Waals surface area contributed by atoms with E-state index in [9.17, 15) is 24.0 Å². The first-order chi connectivity index (χ1) is 31.3. The van der Waals surface area contributed by atoms with E-state index in [-0.39, 0.29) is 78.4 Å². The number of carbonyl (C=O) groups excluding carboxylic acids is 4. The zero-order chi connectivity index (χ0) is 48.9. The van der Waals surface area contributed by atoms with Gasteiger partial charge in [-0.15, -0.1) is 0 Å². The number of likely N-dealkylation sites (N-methyl/N-ethyl adjacent to an activating group) is 2. The number of allylic oxidation sites excluding steroid dienone is 1. The Kier molecular flexibility index (Phi) is 21.3. The molecule has 3 fully saturated rings. The van der Waals surface area contributed by atoms with Gasteiger partial charge >= 0.3 is 5.97 Å². The number of carboxylic acids is 1. The second-order valence-electron chi connectivity index (χ2n) is 20.5. The van der Waals surface area contributed by atoms with Crippen LogP contribution in [-0.2, 0) is 38.3 Å². The van der Waals surface area contributed by atoms with Crippen LogP contribution >= 0.6 is 0 Å². The number of hydrogen-bond donors (Lipinski definition) is 1. The number of hydrogen-bond acceptors (Lipinski definition) is 10. The Morgan fingerprint density at radius 2 is 1.59 bits per heavy atom. The highest BCUT2D eigenvalue weighted by Crippen LogP contribution is 2.66. The smallest absolute Gasteiger partial charge is 0.303 e. The van der Waals surface area contributed by atoms with Crippen molar-refractivity contribution >= 4 is 29.4 Å². The van der Waals surface area contributed by atoms with Gasteiger partial charge in [0.05, 0.1) is 43.4 Å². The number of aliphatic carboxylic acids is 1. The first-order valence-electron chi connectivity index (χ1n) is 25.1. The summed E-state index contributed by atoms with van der Waals surface area (Å²) in [5, 5.41) is 10.9. The van der Waals surface area contributed by atoms with Crippen molar-refractivity contribution in [2.24, 2.45) is 35.0 Å². The summed E-state index contributed by atoms with van der Waals surface area (Å²) in [6.07, 6.45) is 6.67. The molecule has 66 heavy (non-hydrogen) atoms. The molecule has 0 aromatic heterocycles. The van der Waals surface area contributed by atoms with Crippen LogP contribution in [0.4, 0.5) is 0 Å². The molecule has 1 aromatic rings. The number of amides is 2. The van der Waals surface area contributed by atoms with E-state index < -0.39 is 41.5 Å². The lowest BCUT2D eigenvalue weighted by molar-refractivity contribution is -0.162. The molecular formula is C53H86N4O9. The highest BCUT2D eigenvalue weighted by Gasteiger charge is 2.60. The van der Waals surface area contributed by atoms with Gasteiger partial charge in [0.15, 0.2) is 5.78 Å². The number of rotatable bonds is 29. The van der Waals surface area contributed by atoms with Crippen LogP contribution in [0.25, 0.3) is 0 Å². The number of benzene rings is 1. The van der Waals surface area contributed by atoms with E-state index in [2.05, 4.69) is 37.5 Å². The standard InChI is InChI=1S/C53H86N4O9/c1-13-37(6)50(55(10)52(63)41(35(2)3)31-44(58)49(36(4)5)54(9)27-19-15-18-26-48(61)62)46(64-11)32-47(60)56-28-22-25-43(56)51(65-12)38(7)45(59)34-53(39(8)57-29-20-21-30-66-57)33-42(53)40-23-16-14-17-24-40/h14,16-17,23-24,35-38,41-43,46,49-51H,8,13,15,18-22,25-34H2,1-7,9-12H3,(H,61,62)/t37-,38-,41-,42+,43-,46+,49-,50-,51+,53+/m0/s1. The lowest BCUT2D eigenvalue weighted by atomic mass is 9.83. The van der Waals surface area contributed by atoms with Crippen LogP contribution in [0.3, 0.4) is 0 Å². The van der Waals surface area contributed by atoms with Crippen LogP contribution in [0.2, 0.25) is 0 Å². The second-order valence-corrected chi connectivity index (χ2v) is 20.5. The molecule has 2 saturated heterocycles. The Morgan fingerprint density at radius 3 is 2.17 bits per heavy atom. The summed E-state index contributed by atoms with van der Waals surface area (Å²) < 4.78 is 12.3. The van der Waals surface area contributed by atoms with E-state index in [1.165, 1.54) is 5.56 Å². The van der Waals surface area contributed by atoms with Gasteiger partial charge in [-0.2, -0.15) is 0 Å². The predicted molar refractivity (Wildman–Crippen MR) is 258 cm³/mol. The fourth-order valence-corrected chi connectivity index (χ4v) is 11.2. The molecule has 4 rings (SSSR count). The van der Waals surface area contributed by atoms with Crippen molar-refractivity contribution in [3.05, 3.63) is 48.2 Å². The van der Waals surface area contributed by atoms with E-state index >= 15 is 0 Å². The SMILES string of the molecule is C=C(N1CCCCO1)[C@]1(CC(=O)[C@H](C)[C@@H](OC)[C@@H]2CCCN2C(=O)C[C@@H](OC)[C@H]([C@@H](C)CC)N(C)C(=O)[C@@H](CC(=O)[C@H](C(C)C)N(C)CCCCCC(=O)O)C(C)C)C[C@@H]1c1ccccc1. The van der Waals surface area contributed by atoms with Gasteiger partial charge in [0, 0.05) is 76.6 Å². The van der Waals surface area contributed by atoms with Crippen molar-refractivity contribution < 1.29 is 43.4 Å². The first kappa shape index (κ1) is 55.0. The first-order valence-corrected chi connectivity index (χ1v) is 25.1. The molecule has 0 radical (unpaired) electrons. The summed E-state index contributed by atoms with van der Waals surface area (Å²) in [5.41, 5.74) is 1.61. The molecule has 1 saturated carbocycles. The molecular weight excluding hydrogens is 837 g/mol. The number of Topliss-reactive ketones (excluding diaryl/α,β-unsaturated/α-hetero) is 2. The van der Waals surface area contributed by atoms with Gasteiger partial charge in [-0.1, -0.05) is 98.2 Å². The van der Waals surface area contributed by atoms with Gasteiger partial charge in [-0.05, 0) is 87.8 Å². The normalized spacial score (nSPS) is 23.0. The van der Waals surface area contributed by atoms with Crippen molar-refractivity contribution in [3.63, 3.8) is 0 Å². The Bertz CT molecular complexity index is 1750. The number of likely N-dealkylation sites (tertiary alicyclic amines) is 1. The maximum Gasteiger partial charge on any atom is 0.303 e. The van der Waals surface area contributed by atoms with Crippen LogP contribution in [-0.4, -0.2) is 139 Å². The van der Waals surface area contributed by atoms with E-state index in [0.717, 1.165) is 57.2 Å². The van der Waals surface area contributed by atoms with Crippen LogP contribution in [0.1, 0.15) is 143 Å². The second kappa shape index (κ2) is 25.6. The van der Waals surface area contributed by atoms with E-state index in [4.69, 9.17) is 19.4 Å². The lowest BCUT2D eigenvalue weighted by Gasteiger charge is -2.41. The molecule has 3 aliphatic rings.